The SMILES string of the molecule is Cc1cc(C)c(N(c2ccc(Oc3c(C)cccc3O)cc2)c2cc(O)c(C)cc2C)cc1O. The third kappa shape index (κ3) is 4.37. The van der Waals surface area contributed by atoms with Crippen molar-refractivity contribution < 1.29 is 20.1 Å². The smallest absolute Gasteiger partial charge is 0.171 e. The second kappa shape index (κ2) is 9.02. The summed E-state index contributed by atoms with van der Waals surface area (Å²) in [4.78, 5) is 2.01. The van der Waals surface area contributed by atoms with Crippen LogP contribution in [0.1, 0.15) is 27.8 Å². The Hall–Kier alpha value is -4.12. The summed E-state index contributed by atoms with van der Waals surface area (Å²) in [6.45, 7) is 9.61. The number of hydrogen-bond acceptors (Lipinski definition) is 5. The number of anilines is 3. The Balaban J connectivity index is 1.82. The van der Waals surface area contributed by atoms with Crippen molar-refractivity contribution in [1.29, 1.82) is 0 Å². The molecule has 0 aromatic heterocycles. The average molecular weight is 456 g/mol. The van der Waals surface area contributed by atoms with Crippen LogP contribution in [0.2, 0.25) is 0 Å². The van der Waals surface area contributed by atoms with Gasteiger partial charge in [-0.25, -0.2) is 0 Å². The second-order valence-electron chi connectivity index (χ2n) is 8.70. The molecule has 0 amide bonds. The lowest BCUT2D eigenvalue weighted by Crippen LogP contribution is -2.13. The van der Waals surface area contributed by atoms with Crippen molar-refractivity contribution >= 4 is 17.1 Å². The maximum absolute atomic E-state index is 10.5. The van der Waals surface area contributed by atoms with Gasteiger partial charge in [-0.05, 0) is 92.8 Å². The first-order valence-electron chi connectivity index (χ1n) is 11.1. The van der Waals surface area contributed by atoms with E-state index >= 15 is 0 Å². The molecule has 0 unspecified atom stereocenters. The summed E-state index contributed by atoms with van der Waals surface area (Å²) in [6, 6.07) is 20.1. The van der Waals surface area contributed by atoms with Crippen molar-refractivity contribution in [1.82, 2.24) is 0 Å². The molecule has 0 atom stereocenters. The molecule has 3 N–H and O–H groups in total. The minimum atomic E-state index is 0.0854. The predicted molar refractivity (Wildman–Crippen MR) is 136 cm³/mol. The first-order valence-corrected chi connectivity index (χ1v) is 11.1. The Morgan fingerprint density at radius 3 is 1.59 bits per heavy atom. The molecule has 0 bridgehead atoms. The van der Waals surface area contributed by atoms with E-state index < -0.39 is 0 Å². The topological polar surface area (TPSA) is 73.2 Å². The number of aromatic hydroxyl groups is 3. The van der Waals surface area contributed by atoms with Gasteiger partial charge in [-0.1, -0.05) is 24.3 Å². The average Bonchev–Trinajstić information content (AvgIpc) is 2.79. The number of nitrogens with zero attached hydrogens (tertiary/aromatic N) is 1. The summed E-state index contributed by atoms with van der Waals surface area (Å²) >= 11 is 0. The van der Waals surface area contributed by atoms with Gasteiger partial charge in [0.25, 0.3) is 0 Å². The third-order valence-electron chi connectivity index (χ3n) is 6.02. The van der Waals surface area contributed by atoms with Crippen LogP contribution >= 0.6 is 0 Å². The summed E-state index contributed by atoms with van der Waals surface area (Å²) < 4.78 is 5.95. The van der Waals surface area contributed by atoms with Gasteiger partial charge in [-0.2, -0.15) is 0 Å². The molecule has 0 spiro atoms. The van der Waals surface area contributed by atoms with Crippen molar-refractivity contribution in [2.45, 2.75) is 34.6 Å². The van der Waals surface area contributed by atoms with Crippen molar-refractivity contribution in [2.75, 3.05) is 4.90 Å². The molecule has 0 aliphatic rings. The first kappa shape index (κ1) is 23.1. The van der Waals surface area contributed by atoms with Crippen LogP contribution in [0.25, 0.3) is 0 Å². The summed E-state index contributed by atoms with van der Waals surface area (Å²) in [5.41, 5.74) is 6.85. The number of benzene rings is 4. The van der Waals surface area contributed by atoms with E-state index in [0.717, 1.165) is 44.9 Å². The molecule has 0 heterocycles. The molecule has 4 aromatic rings. The highest BCUT2D eigenvalue weighted by molar-refractivity contribution is 5.82. The first-order chi connectivity index (χ1) is 16.2. The largest absolute Gasteiger partial charge is 0.508 e. The number of ether oxygens (including phenoxy) is 1. The van der Waals surface area contributed by atoms with Crippen molar-refractivity contribution in [2.24, 2.45) is 0 Å². The van der Waals surface area contributed by atoms with Gasteiger partial charge >= 0.3 is 0 Å². The minimum Gasteiger partial charge on any atom is -0.508 e. The van der Waals surface area contributed by atoms with Crippen molar-refractivity contribution in [3.8, 4) is 28.7 Å². The predicted octanol–water partition coefficient (Wildman–Crippen LogP) is 7.61. The molecule has 0 aliphatic heterocycles. The fraction of sp³-hybridized carbons (Fsp3) is 0.172. The molecule has 34 heavy (non-hydrogen) atoms. The fourth-order valence-corrected chi connectivity index (χ4v) is 4.10. The standard InChI is InChI=1S/C29H29NO4/c1-17-7-6-8-26(31)29(17)34-23-11-9-22(10-12-23)30(24-15-27(32)20(4)13-18(24)2)25-16-28(33)21(5)14-19(25)3/h6-16,31-33H,1-5H3. The van der Waals surface area contributed by atoms with Crippen molar-refractivity contribution in [3.05, 3.63) is 94.5 Å². The Labute approximate surface area is 200 Å². The molecule has 4 aromatic carbocycles. The molecule has 5 heteroatoms. The number of phenols is 3. The molecule has 0 saturated carbocycles. The van der Waals surface area contributed by atoms with Crippen LogP contribution in [0.5, 0.6) is 28.7 Å². The summed E-state index contributed by atoms with van der Waals surface area (Å²) in [7, 11) is 0. The van der Waals surface area contributed by atoms with E-state index in [0.29, 0.717) is 11.5 Å². The maximum Gasteiger partial charge on any atom is 0.171 e. The Morgan fingerprint density at radius 2 is 1.09 bits per heavy atom. The van der Waals surface area contributed by atoms with Crippen LogP contribution in [0.15, 0.2) is 66.7 Å². The van der Waals surface area contributed by atoms with Crippen LogP contribution in [-0.4, -0.2) is 15.3 Å². The highest BCUT2D eigenvalue weighted by Gasteiger charge is 2.20. The van der Waals surface area contributed by atoms with Crippen LogP contribution in [0.3, 0.4) is 0 Å². The third-order valence-corrected chi connectivity index (χ3v) is 6.02. The molecule has 0 fully saturated rings. The van der Waals surface area contributed by atoms with E-state index in [-0.39, 0.29) is 17.2 Å². The Bertz CT molecular complexity index is 1280. The zero-order valence-electron chi connectivity index (χ0n) is 20.0. The number of aryl methyl sites for hydroxylation is 5. The van der Waals surface area contributed by atoms with Gasteiger partial charge in [-0.3, -0.25) is 0 Å². The van der Waals surface area contributed by atoms with Gasteiger partial charge in [0.05, 0.1) is 11.4 Å². The van der Waals surface area contributed by atoms with Crippen molar-refractivity contribution in [3.63, 3.8) is 0 Å². The number of phenolic OH excluding ortho intramolecular Hbond substituents is 3. The van der Waals surface area contributed by atoms with Gasteiger partial charge in [0.15, 0.2) is 11.5 Å². The van der Waals surface area contributed by atoms with Gasteiger partial charge in [0, 0.05) is 17.8 Å². The molecule has 0 radical (unpaired) electrons. The normalized spacial score (nSPS) is 10.9. The van der Waals surface area contributed by atoms with Gasteiger partial charge in [0.1, 0.15) is 17.2 Å². The quantitative estimate of drug-likeness (QED) is 0.289. The second-order valence-corrected chi connectivity index (χ2v) is 8.70. The van der Waals surface area contributed by atoms with E-state index in [1.54, 1.807) is 24.3 Å². The van der Waals surface area contributed by atoms with Crippen LogP contribution < -0.4 is 9.64 Å². The van der Waals surface area contributed by atoms with Gasteiger partial charge in [-0.15, -0.1) is 0 Å². The lowest BCUT2D eigenvalue weighted by molar-refractivity contribution is 0.409. The molecule has 5 nitrogen and oxygen atoms in total. The number of para-hydroxylation sites is 1. The fourth-order valence-electron chi connectivity index (χ4n) is 4.10. The molecular weight excluding hydrogens is 426 g/mol. The Kier molecular flexibility index (Phi) is 6.12. The highest BCUT2D eigenvalue weighted by Crippen LogP contribution is 2.43. The van der Waals surface area contributed by atoms with E-state index in [9.17, 15) is 15.3 Å². The van der Waals surface area contributed by atoms with E-state index in [1.807, 2.05) is 82.0 Å². The minimum absolute atomic E-state index is 0.0854. The summed E-state index contributed by atoms with van der Waals surface area (Å²) in [5, 5.41) is 31.1. The number of hydrogen-bond donors (Lipinski definition) is 3. The molecule has 4 rings (SSSR count). The highest BCUT2D eigenvalue weighted by atomic mass is 16.5. The monoisotopic (exact) mass is 455 g/mol. The van der Waals surface area contributed by atoms with E-state index in [4.69, 9.17) is 4.74 Å². The summed E-state index contributed by atoms with van der Waals surface area (Å²) in [6.07, 6.45) is 0. The molecule has 0 saturated heterocycles. The number of rotatable bonds is 5. The van der Waals surface area contributed by atoms with Crippen LogP contribution in [-0.2, 0) is 0 Å². The zero-order valence-corrected chi connectivity index (χ0v) is 20.0. The lowest BCUT2D eigenvalue weighted by Gasteiger charge is -2.29. The molecule has 174 valence electrons. The Morgan fingerprint density at radius 1 is 0.559 bits per heavy atom. The van der Waals surface area contributed by atoms with E-state index in [2.05, 4.69) is 0 Å². The maximum atomic E-state index is 10.5. The summed E-state index contributed by atoms with van der Waals surface area (Å²) in [5.74, 6) is 1.50. The van der Waals surface area contributed by atoms with Crippen LogP contribution in [0.4, 0.5) is 17.1 Å². The zero-order chi connectivity index (χ0) is 24.6. The molecular formula is C29H29NO4. The van der Waals surface area contributed by atoms with Gasteiger partial charge < -0.3 is 25.0 Å². The van der Waals surface area contributed by atoms with E-state index in [1.165, 1.54) is 0 Å². The van der Waals surface area contributed by atoms with Gasteiger partial charge in [0.2, 0.25) is 0 Å². The van der Waals surface area contributed by atoms with Crippen LogP contribution in [0, 0.1) is 34.6 Å². The lowest BCUT2D eigenvalue weighted by atomic mass is 10.0. The molecule has 0 aliphatic carbocycles.